The molecule has 0 radical (unpaired) electrons. The van der Waals surface area contributed by atoms with Gasteiger partial charge in [-0.05, 0) is 48.9 Å². The monoisotopic (exact) mass is 333 g/mol. The third kappa shape index (κ3) is 3.00. The quantitative estimate of drug-likeness (QED) is 0.714. The number of benzene rings is 2. The van der Waals surface area contributed by atoms with Gasteiger partial charge in [-0.15, -0.1) is 0 Å². The van der Waals surface area contributed by atoms with E-state index in [2.05, 4.69) is 59.4 Å². The van der Waals surface area contributed by atoms with Crippen LogP contribution < -0.4 is 10.2 Å². The number of fused-ring (bicyclic) bond motifs is 2. The maximum absolute atomic E-state index is 12.6. The van der Waals surface area contributed by atoms with Gasteiger partial charge in [-0.2, -0.15) is 0 Å². The summed E-state index contributed by atoms with van der Waals surface area (Å²) >= 11 is 0. The molecule has 0 aliphatic carbocycles. The molecule has 1 aliphatic rings. The van der Waals surface area contributed by atoms with Crippen molar-refractivity contribution in [3.63, 3.8) is 0 Å². The van der Waals surface area contributed by atoms with Crippen molar-refractivity contribution >= 4 is 22.6 Å². The smallest absolute Gasteiger partial charge is 0.322 e. The molecule has 0 spiro atoms. The van der Waals surface area contributed by atoms with E-state index in [-0.39, 0.29) is 12.1 Å². The Labute approximate surface area is 148 Å². The summed E-state index contributed by atoms with van der Waals surface area (Å²) in [6, 6.07) is 18.9. The summed E-state index contributed by atoms with van der Waals surface area (Å²) in [6.45, 7) is 3.68. The average molecular weight is 333 g/mol. The molecule has 4 heteroatoms. The van der Waals surface area contributed by atoms with E-state index in [4.69, 9.17) is 0 Å². The lowest BCUT2D eigenvalue weighted by atomic mass is 10.1. The number of nitrogens with one attached hydrogen (secondary N) is 1. The van der Waals surface area contributed by atoms with E-state index in [0.29, 0.717) is 6.54 Å². The van der Waals surface area contributed by atoms with Crippen molar-refractivity contribution in [3.8, 4) is 0 Å². The Hall–Kier alpha value is -2.75. The van der Waals surface area contributed by atoms with Gasteiger partial charge in [0.2, 0.25) is 0 Å². The van der Waals surface area contributed by atoms with Crippen LogP contribution in [0.15, 0.2) is 60.8 Å². The van der Waals surface area contributed by atoms with Gasteiger partial charge in [-0.1, -0.05) is 36.4 Å². The van der Waals surface area contributed by atoms with Crippen LogP contribution in [0.1, 0.15) is 18.9 Å². The first-order valence-electron chi connectivity index (χ1n) is 8.93. The summed E-state index contributed by atoms with van der Waals surface area (Å²) in [7, 11) is 0. The molecule has 4 rings (SSSR count). The van der Waals surface area contributed by atoms with E-state index in [9.17, 15) is 4.79 Å². The Balaban J connectivity index is 1.34. The zero-order valence-corrected chi connectivity index (χ0v) is 14.5. The Morgan fingerprint density at radius 2 is 1.92 bits per heavy atom. The number of hydrogen-bond donors (Lipinski definition) is 1. The number of amides is 2. The van der Waals surface area contributed by atoms with Crippen LogP contribution in [-0.4, -0.2) is 23.2 Å². The zero-order valence-electron chi connectivity index (χ0n) is 14.5. The molecule has 128 valence electrons. The van der Waals surface area contributed by atoms with E-state index in [1.165, 1.54) is 16.5 Å². The van der Waals surface area contributed by atoms with Crippen molar-refractivity contribution in [2.75, 3.05) is 11.4 Å². The number of aromatic nitrogens is 1. The predicted octanol–water partition coefficient (Wildman–Crippen LogP) is 4.19. The van der Waals surface area contributed by atoms with Crippen LogP contribution in [-0.2, 0) is 13.0 Å². The highest BCUT2D eigenvalue weighted by atomic mass is 16.2. The number of anilines is 1. The Bertz CT molecular complexity index is 899. The molecule has 1 atom stereocenters. The first-order valence-corrected chi connectivity index (χ1v) is 8.93. The summed E-state index contributed by atoms with van der Waals surface area (Å²) in [5.41, 5.74) is 3.55. The molecule has 1 unspecified atom stereocenters. The molecule has 1 aromatic heterocycles. The lowest BCUT2D eigenvalue weighted by Crippen LogP contribution is -2.43. The molecule has 0 fully saturated rings. The molecule has 2 aromatic carbocycles. The average Bonchev–Trinajstić information content (AvgIpc) is 3.18. The van der Waals surface area contributed by atoms with Crippen LogP contribution in [0, 0.1) is 0 Å². The van der Waals surface area contributed by atoms with Crippen LogP contribution in [0.4, 0.5) is 10.5 Å². The van der Waals surface area contributed by atoms with Crippen molar-refractivity contribution in [2.24, 2.45) is 0 Å². The summed E-state index contributed by atoms with van der Waals surface area (Å²) in [5, 5.41) is 4.34. The topological polar surface area (TPSA) is 37.3 Å². The molecule has 0 saturated carbocycles. The molecule has 25 heavy (non-hydrogen) atoms. The Kier molecular flexibility index (Phi) is 4.18. The maximum atomic E-state index is 12.6. The molecule has 0 saturated heterocycles. The summed E-state index contributed by atoms with van der Waals surface area (Å²) in [4.78, 5) is 14.5. The molecular formula is C21H23N3O. The number of para-hydroxylation sites is 2. The normalized spacial score (nSPS) is 16.2. The maximum Gasteiger partial charge on any atom is 0.322 e. The van der Waals surface area contributed by atoms with E-state index < -0.39 is 0 Å². The van der Waals surface area contributed by atoms with Gasteiger partial charge in [0, 0.05) is 36.5 Å². The van der Waals surface area contributed by atoms with E-state index >= 15 is 0 Å². The number of carbonyl (C=O) groups is 1. The minimum absolute atomic E-state index is 0.00909. The van der Waals surface area contributed by atoms with Crippen molar-refractivity contribution in [2.45, 2.75) is 32.4 Å². The van der Waals surface area contributed by atoms with Crippen molar-refractivity contribution < 1.29 is 4.79 Å². The number of rotatable bonds is 4. The third-order valence-corrected chi connectivity index (χ3v) is 4.96. The van der Waals surface area contributed by atoms with E-state index in [1.54, 1.807) is 0 Å². The SMILES string of the molecule is CC1Cc2ccccc2N1C(=O)NCCCn1ccc2ccccc21. The van der Waals surface area contributed by atoms with Crippen LogP contribution in [0.5, 0.6) is 0 Å². The van der Waals surface area contributed by atoms with Gasteiger partial charge >= 0.3 is 6.03 Å². The molecule has 1 aliphatic heterocycles. The second-order valence-corrected chi connectivity index (χ2v) is 6.71. The van der Waals surface area contributed by atoms with Gasteiger partial charge in [0.15, 0.2) is 0 Å². The van der Waals surface area contributed by atoms with Crippen LogP contribution >= 0.6 is 0 Å². The first kappa shape index (κ1) is 15.8. The Morgan fingerprint density at radius 1 is 1.12 bits per heavy atom. The second kappa shape index (κ2) is 6.63. The van der Waals surface area contributed by atoms with Crippen molar-refractivity contribution in [1.82, 2.24) is 9.88 Å². The van der Waals surface area contributed by atoms with Gasteiger partial charge < -0.3 is 9.88 Å². The first-order chi connectivity index (χ1) is 12.2. The summed E-state index contributed by atoms with van der Waals surface area (Å²) in [6.07, 6.45) is 3.96. The lowest BCUT2D eigenvalue weighted by molar-refractivity contribution is 0.245. The molecule has 2 heterocycles. The van der Waals surface area contributed by atoms with E-state index in [1.807, 2.05) is 23.1 Å². The number of carbonyl (C=O) groups excluding carboxylic acids is 1. The fourth-order valence-electron chi connectivity index (χ4n) is 3.74. The van der Waals surface area contributed by atoms with Gasteiger partial charge in [0.05, 0.1) is 0 Å². The van der Waals surface area contributed by atoms with Crippen molar-refractivity contribution in [3.05, 3.63) is 66.4 Å². The Morgan fingerprint density at radius 3 is 2.84 bits per heavy atom. The molecular weight excluding hydrogens is 310 g/mol. The van der Waals surface area contributed by atoms with Crippen molar-refractivity contribution in [1.29, 1.82) is 0 Å². The third-order valence-electron chi connectivity index (χ3n) is 4.96. The predicted molar refractivity (Wildman–Crippen MR) is 102 cm³/mol. The molecule has 0 bridgehead atoms. The summed E-state index contributed by atoms with van der Waals surface area (Å²) < 4.78 is 2.25. The standard InChI is InChI=1S/C21H23N3O/c1-16-15-18-8-3-5-10-20(18)24(16)21(25)22-12-6-13-23-14-11-17-7-2-4-9-19(17)23/h2-5,7-11,14,16H,6,12-13,15H2,1H3,(H,22,25). The van der Waals surface area contributed by atoms with E-state index in [0.717, 1.165) is 25.1 Å². The zero-order chi connectivity index (χ0) is 17.2. The lowest BCUT2D eigenvalue weighted by Gasteiger charge is -2.23. The molecule has 2 amide bonds. The molecule has 3 aromatic rings. The largest absolute Gasteiger partial charge is 0.347 e. The highest BCUT2D eigenvalue weighted by Crippen LogP contribution is 2.31. The van der Waals surface area contributed by atoms with Gasteiger partial charge in [-0.3, -0.25) is 4.90 Å². The number of urea groups is 1. The molecule has 1 N–H and O–H groups in total. The van der Waals surface area contributed by atoms with Crippen LogP contribution in [0.2, 0.25) is 0 Å². The molecule has 4 nitrogen and oxygen atoms in total. The highest BCUT2D eigenvalue weighted by molar-refractivity contribution is 5.94. The van der Waals surface area contributed by atoms with Gasteiger partial charge in [-0.25, -0.2) is 4.79 Å². The number of nitrogens with zero attached hydrogens (tertiary/aromatic N) is 2. The fraction of sp³-hybridized carbons (Fsp3) is 0.286. The summed E-state index contributed by atoms with van der Waals surface area (Å²) in [5.74, 6) is 0. The minimum Gasteiger partial charge on any atom is -0.347 e. The van der Waals surface area contributed by atoms with Gasteiger partial charge in [0.1, 0.15) is 0 Å². The fourth-order valence-corrected chi connectivity index (χ4v) is 3.74. The van der Waals surface area contributed by atoms with Crippen LogP contribution in [0.25, 0.3) is 10.9 Å². The second-order valence-electron chi connectivity index (χ2n) is 6.71. The minimum atomic E-state index is 0.00909. The van der Waals surface area contributed by atoms with Gasteiger partial charge in [0.25, 0.3) is 0 Å². The number of hydrogen-bond acceptors (Lipinski definition) is 1. The van der Waals surface area contributed by atoms with Crippen LogP contribution in [0.3, 0.4) is 0 Å². The number of aryl methyl sites for hydroxylation is 1. The highest BCUT2D eigenvalue weighted by Gasteiger charge is 2.30.